The maximum atomic E-state index is 12.0. The lowest BCUT2D eigenvalue weighted by Crippen LogP contribution is -2.35. The third-order valence-electron chi connectivity index (χ3n) is 3.81. The standard InChI is InChI=1S/C14H13N3O3/c18-14(11-5-1-2-7-13(11)17(19)20)16-15-12-8-9-4-3-6-10(9)12/h1-5,7,9-10H,6,8H2,(H,16,18)/b15-12+/t9-,10+/m1/s1. The third-order valence-corrected chi connectivity index (χ3v) is 3.81. The van der Waals surface area contributed by atoms with Crippen LogP contribution >= 0.6 is 0 Å². The maximum Gasteiger partial charge on any atom is 0.282 e. The molecule has 0 heterocycles. The van der Waals surface area contributed by atoms with Crippen molar-refractivity contribution in [2.45, 2.75) is 12.8 Å². The Morgan fingerprint density at radius 3 is 2.95 bits per heavy atom. The quantitative estimate of drug-likeness (QED) is 0.520. The molecule has 1 aromatic rings. The lowest BCUT2D eigenvalue weighted by Gasteiger charge is -2.31. The van der Waals surface area contributed by atoms with Crippen LogP contribution in [-0.4, -0.2) is 16.5 Å². The summed E-state index contributed by atoms with van der Waals surface area (Å²) in [6.07, 6.45) is 6.12. The van der Waals surface area contributed by atoms with Gasteiger partial charge in [0, 0.05) is 17.7 Å². The molecule has 6 heteroatoms. The van der Waals surface area contributed by atoms with Crippen LogP contribution in [0.5, 0.6) is 0 Å². The second-order valence-electron chi connectivity index (χ2n) is 4.96. The average molecular weight is 271 g/mol. The van der Waals surface area contributed by atoms with Crippen LogP contribution in [0.3, 0.4) is 0 Å². The van der Waals surface area contributed by atoms with Crippen LogP contribution < -0.4 is 5.43 Å². The van der Waals surface area contributed by atoms with Gasteiger partial charge >= 0.3 is 0 Å². The minimum Gasteiger partial charge on any atom is -0.267 e. The molecule has 20 heavy (non-hydrogen) atoms. The van der Waals surface area contributed by atoms with E-state index in [0.29, 0.717) is 11.8 Å². The highest BCUT2D eigenvalue weighted by Crippen LogP contribution is 2.40. The van der Waals surface area contributed by atoms with Crippen LogP contribution in [0.15, 0.2) is 41.5 Å². The van der Waals surface area contributed by atoms with E-state index >= 15 is 0 Å². The van der Waals surface area contributed by atoms with Crippen LogP contribution in [0.1, 0.15) is 23.2 Å². The van der Waals surface area contributed by atoms with Crippen LogP contribution in [0, 0.1) is 22.0 Å². The molecule has 102 valence electrons. The minimum atomic E-state index is -0.567. The first-order valence-corrected chi connectivity index (χ1v) is 6.43. The molecule has 1 N–H and O–H groups in total. The number of hydrogen-bond donors (Lipinski definition) is 1. The van der Waals surface area contributed by atoms with Gasteiger partial charge in [-0.05, 0) is 24.8 Å². The van der Waals surface area contributed by atoms with Gasteiger partial charge in [-0.2, -0.15) is 5.10 Å². The largest absolute Gasteiger partial charge is 0.282 e. The van der Waals surface area contributed by atoms with Crippen molar-refractivity contribution >= 4 is 17.3 Å². The molecule has 0 saturated heterocycles. The molecule has 2 aliphatic carbocycles. The fourth-order valence-corrected chi connectivity index (χ4v) is 2.67. The van der Waals surface area contributed by atoms with Gasteiger partial charge in [-0.3, -0.25) is 14.9 Å². The molecule has 0 bridgehead atoms. The first kappa shape index (κ1) is 12.5. The fourth-order valence-electron chi connectivity index (χ4n) is 2.67. The number of nitrogens with zero attached hydrogens (tertiary/aromatic N) is 2. The number of hydrogen-bond acceptors (Lipinski definition) is 4. The third kappa shape index (κ3) is 2.09. The van der Waals surface area contributed by atoms with Gasteiger partial charge in [-0.1, -0.05) is 24.3 Å². The molecule has 0 aromatic heterocycles. The van der Waals surface area contributed by atoms with E-state index in [2.05, 4.69) is 22.7 Å². The monoisotopic (exact) mass is 271 g/mol. The van der Waals surface area contributed by atoms with Crippen molar-refractivity contribution in [3.05, 3.63) is 52.1 Å². The highest BCUT2D eigenvalue weighted by Gasteiger charge is 2.38. The van der Waals surface area contributed by atoms with Crippen LogP contribution in [0.2, 0.25) is 0 Å². The second-order valence-corrected chi connectivity index (χ2v) is 4.96. The van der Waals surface area contributed by atoms with E-state index in [9.17, 15) is 14.9 Å². The van der Waals surface area contributed by atoms with E-state index in [0.717, 1.165) is 18.6 Å². The molecule has 0 aliphatic heterocycles. The summed E-state index contributed by atoms with van der Waals surface area (Å²) in [6.45, 7) is 0. The number of para-hydroxylation sites is 1. The Hall–Kier alpha value is -2.50. The Balaban J connectivity index is 1.71. The summed E-state index contributed by atoms with van der Waals surface area (Å²) in [4.78, 5) is 22.3. The van der Waals surface area contributed by atoms with Gasteiger partial charge in [0.2, 0.25) is 0 Å². The lowest BCUT2D eigenvalue weighted by atomic mass is 9.74. The number of hydrazone groups is 1. The lowest BCUT2D eigenvalue weighted by molar-refractivity contribution is -0.385. The number of nitro groups is 1. The number of nitro benzene ring substituents is 1. The van der Waals surface area contributed by atoms with Gasteiger partial charge in [0.1, 0.15) is 5.56 Å². The molecular formula is C14H13N3O3. The highest BCUT2D eigenvalue weighted by atomic mass is 16.6. The van der Waals surface area contributed by atoms with Crippen LogP contribution in [-0.2, 0) is 0 Å². The Morgan fingerprint density at radius 2 is 2.20 bits per heavy atom. The van der Waals surface area contributed by atoms with E-state index in [4.69, 9.17) is 0 Å². The van der Waals surface area contributed by atoms with Crippen molar-refractivity contribution < 1.29 is 9.72 Å². The second kappa shape index (κ2) is 4.88. The molecular weight excluding hydrogens is 258 g/mol. The number of rotatable bonds is 3. The summed E-state index contributed by atoms with van der Waals surface area (Å²) in [5.41, 5.74) is 3.21. The number of allylic oxidation sites excluding steroid dienone is 2. The van der Waals surface area contributed by atoms with Crippen molar-refractivity contribution in [1.29, 1.82) is 0 Å². The normalized spacial score (nSPS) is 25.1. The summed E-state index contributed by atoms with van der Waals surface area (Å²) >= 11 is 0. The predicted octanol–water partition coefficient (Wildman–Crippen LogP) is 2.28. The van der Waals surface area contributed by atoms with Gasteiger partial charge in [0.05, 0.1) is 4.92 Å². The van der Waals surface area contributed by atoms with Gasteiger partial charge in [0.25, 0.3) is 11.6 Å². The van der Waals surface area contributed by atoms with Gasteiger partial charge in [0.15, 0.2) is 0 Å². The number of carbonyl (C=O) groups is 1. The number of amides is 1. The van der Waals surface area contributed by atoms with E-state index in [1.807, 2.05) is 0 Å². The number of carbonyl (C=O) groups excluding carboxylic acids is 1. The smallest absolute Gasteiger partial charge is 0.267 e. The molecule has 3 rings (SSSR count). The Bertz CT molecular complexity index is 636. The number of benzene rings is 1. The van der Waals surface area contributed by atoms with Crippen molar-refractivity contribution in [1.82, 2.24) is 5.43 Å². The summed E-state index contributed by atoms with van der Waals surface area (Å²) in [7, 11) is 0. The Morgan fingerprint density at radius 1 is 1.40 bits per heavy atom. The Kier molecular flexibility index (Phi) is 3.06. The molecule has 2 atom stereocenters. The molecule has 0 unspecified atom stereocenters. The maximum absolute atomic E-state index is 12.0. The van der Waals surface area contributed by atoms with Gasteiger partial charge < -0.3 is 0 Å². The zero-order chi connectivity index (χ0) is 14.1. The number of nitrogens with one attached hydrogen (secondary N) is 1. The number of fused-ring (bicyclic) bond motifs is 1. The zero-order valence-electron chi connectivity index (χ0n) is 10.7. The molecule has 1 aromatic carbocycles. The zero-order valence-corrected chi connectivity index (χ0v) is 10.7. The van der Waals surface area contributed by atoms with Crippen molar-refractivity contribution in [2.75, 3.05) is 0 Å². The molecule has 1 amide bonds. The molecule has 2 aliphatic rings. The molecule has 1 saturated carbocycles. The van der Waals surface area contributed by atoms with Gasteiger partial charge in [-0.25, -0.2) is 5.43 Å². The summed E-state index contributed by atoms with van der Waals surface area (Å²) in [6, 6.07) is 5.85. The van der Waals surface area contributed by atoms with E-state index in [1.165, 1.54) is 18.2 Å². The fraction of sp³-hybridized carbons (Fsp3) is 0.286. The minimum absolute atomic E-state index is 0.0299. The first-order valence-electron chi connectivity index (χ1n) is 6.43. The Labute approximate surface area is 115 Å². The van der Waals surface area contributed by atoms with Crippen molar-refractivity contribution in [3.8, 4) is 0 Å². The van der Waals surface area contributed by atoms with Crippen molar-refractivity contribution in [3.63, 3.8) is 0 Å². The molecule has 0 radical (unpaired) electrons. The highest BCUT2D eigenvalue weighted by molar-refractivity contribution is 6.00. The summed E-state index contributed by atoms with van der Waals surface area (Å²) in [5, 5.41) is 15.0. The van der Waals surface area contributed by atoms with Crippen LogP contribution in [0.25, 0.3) is 0 Å². The van der Waals surface area contributed by atoms with E-state index in [-0.39, 0.29) is 11.3 Å². The van der Waals surface area contributed by atoms with Crippen molar-refractivity contribution in [2.24, 2.45) is 16.9 Å². The van der Waals surface area contributed by atoms with E-state index < -0.39 is 10.8 Å². The molecule has 6 nitrogen and oxygen atoms in total. The molecule has 0 spiro atoms. The topological polar surface area (TPSA) is 84.6 Å². The van der Waals surface area contributed by atoms with Crippen LogP contribution in [0.4, 0.5) is 5.69 Å². The summed E-state index contributed by atoms with van der Waals surface area (Å²) < 4.78 is 0. The average Bonchev–Trinajstić information content (AvgIpc) is 2.80. The van der Waals surface area contributed by atoms with E-state index in [1.54, 1.807) is 6.07 Å². The predicted molar refractivity (Wildman–Crippen MR) is 73.4 cm³/mol. The molecule has 1 fully saturated rings. The van der Waals surface area contributed by atoms with Gasteiger partial charge in [-0.15, -0.1) is 0 Å². The first-order chi connectivity index (χ1) is 9.66. The SMILES string of the molecule is O=C(N/N=C1\C[C@H]2C=CC[C@H]12)c1ccccc1[N+](=O)[O-]. The summed E-state index contributed by atoms with van der Waals surface area (Å²) in [5.74, 6) is 0.414.